The molecule has 1 saturated heterocycles. The molecule has 25 heavy (non-hydrogen) atoms. The summed E-state index contributed by atoms with van der Waals surface area (Å²) in [4.78, 5) is 22.5. The van der Waals surface area contributed by atoms with Crippen molar-refractivity contribution >= 4 is 23.2 Å². The van der Waals surface area contributed by atoms with Gasteiger partial charge in [0.2, 0.25) is 6.10 Å². The van der Waals surface area contributed by atoms with Gasteiger partial charge in [0, 0.05) is 43.7 Å². The lowest BCUT2D eigenvalue weighted by molar-refractivity contribution is -0.143. The van der Waals surface area contributed by atoms with Gasteiger partial charge in [-0.3, -0.25) is 4.79 Å². The molecule has 2 heterocycles. The van der Waals surface area contributed by atoms with Gasteiger partial charge < -0.3 is 14.6 Å². The van der Waals surface area contributed by atoms with Crippen LogP contribution in [-0.2, 0) is 9.63 Å². The molecule has 0 bridgehead atoms. The van der Waals surface area contributed by atoms with Crippen LogP contribution in [0.4, 0.5) is 0 Å². The second-order valence-corrected chi connectivity index (χ2v) is 7.59. The number of amides is 1. The summed E-state index contributed by atoms with van der Waals surface area (Å²) in [6.45, 7) is 6.52. The molecule has 0 aromatic heterocycles. The first-order chi connectivity index (χ1) is 12.0. The van der Waals surface area contributed by atoms with Crippen molar-refractivity contribution in [3.05, 3.63) is 34.9 Å². The number of benzene rings is 1. The van der Waals surface area contributed by atoms with Crippen LogP contribution in [0, 0.1) is 0 Å². The molecule has 2 aliphatic heterocycles. The van der Waals surface area contributed by atoms with Gasteiger partial charge in [0.05, 0.1) is 5.71 Å². The van der Waals surface area contributed by atoms with Gasteiger partial charge in [-0.05, 0) is 44.4 Å². The van der Waals surface area contributed by atoms with Crippen LogP contribution in [0.3, 0.4) is 0 Å². The summed E-state index contributed by atoms with van der Waals surface area (Å²) in [6.07, 6.45) is 2.02. The van der Waals surface area contributed by atoms with E-state index in [4.69, 9.17) is 16.4 Å². The third-order valence-electron chi connectivity index (χ3n) is 5.25. The number of hydrogen-bond donors (Lipinski definition) is 0. The topological polar surface area (TPSA) is 45.1 Å². The molecule has 0 N–H and O–H groups in total. The number of rotatable bonds is 4. The molecule has 1 aromatic rings. The number of oxime groups is 1. The maximum absolute atomic E-state index is 12.8. The lowest BCUT2D eigenvalue weighted by Gasteiger charge is -2.38. The van der Waals surface area contributed by atoms with E-state index in [1.807, 2.05) is 36.2 Å². The summed E-state index contributed by atoms with van der Waals surface area (Å²) in [6, 6.07) is 8.30. The minimum absolute atomic E-state index is 0.0238. The Morgan fingerprint density at radius 1 is 1.28 bits per heavy atom. The Bertz CT molecular complexity index is 637. The molecule has 0 aliphatic carbocycles. The quantitative estimate of drug-likeness (QED) is 0.825. The first kappa shape index (κ1) is 18.2. The Balaban J connectivity index is 1.55. The predicted octanol–water partition coefficient (Wildman–Crippen LogP) is 3.16. The SMILES string of the molecule is CC(C)N1CCC(N(C)C(=O)C2CC(c3ccc(Cl)cc3)=NO2)CC1. The van der Waals surface area contributed by atoms with Crippen molar-refractivity contribution in [3.8, 4) is 0 Å². The van der Waals surface area contributed by atoms with Crippen LogP contribution in [0.2, 0.25) is 5.02 Å². The zero-order chi connectivity index (χ0) is 18.0. The summed E-state index contributed by atoms with van der Waals surface area (Å²) in [5.74, 6) is 0.0238. The van der Waals surface area contributed by atoms with Crippen LogP contribution in [0.5, 0.6) is 0 Å². The van der Waals surface area contributed by atoms with Crippen molar-refractivity contribution in [2.75, 3.05) is 20.1 Å². The number of carbonyl (C=O) groups excluding carboxylic acids is 1. The molecule has 0 radical (unpaired) electrons. The lowest BCUT2D eigenvalue weighted by Crippen LogP contribution is -2.49. The van der Waals surface area contributed by atoms with Crippen molar-refractivity contribution in [1.82, 2.24) is 9.80 Å². The normalized spacial score (nSPS) is 22.0. The van der Waals surface area contributed by atoms with Gasteiger partial charge in [0.15, 0.2) is 0 Å². The molecule has 3 rings (SSSR count). The first-order valence-corrected chi connectivity index (χ1v) is 9.33. The van der Waals surface area contributed by atoms with Crippen LogP contribution >= 0.6 is 11.6 Å². The highest BCUT2D eigenvalue weighted by atomic mass is 35.5. The van der Waals surface area contributed by atoms with Gasteiger partial charge in [-0.2, -0.15) is 0 Å². The summed E-state index contributed by atoms with van der Waals surface area (Å²) >= 11 is 5.92. The van der Waals surface area contributed by atoms with Gasteiger partial charge in [-0.15, -0.1) is 0 Å². The zero-order valence-electron chi connectivity index (χ0n) is 15.1. The van der Waals surface area contributed by atoms with Gasteiger partial charge >= 0.3 is 0 Å². The third kappa shape index (κ3) is 4.15. The van der Waals surface area contributed by atoms with Crippen molar-refractivity contribution < 1.29 is 9.63 Å². The van der Waals surface area contributed by atoms with Crippen LogP contribution in [-0.4, -0.2) is 59.7 Å². The molecule has 0 saturated carbocycles. The summed E-state index contributed by atoms with van der Waals surface area (Å²) in [7, 11) is 1.89. The van der Waals surface area contributed by atoms with E-state index in [0.717, 1.165) is 37.2 Å². The standard InChI is InChI=1S/C19H26ClN3O2/c1-13(2)23-10-8-16(9-11-23)22(3)19(24)18-12-17(21-25-18)14-4-6-15(20)7-5-14/h4-7,13,16,18H,8-12H2,1-3H3. The van der Waals surface area contributed by atoms with E-state index in [-0.39, 0.29) is 11.9 Å². The average Bonchev–Trinajstić information content (AvgIpc) is 3.11. The van der Waals surface area contributed by atoms with Crippen molar-refractivity contribution in [2.24, 2.45) is 5.16 Å². The van der Waals surface area contributed by atoms with Crippen molar-refractivity contribution in [3.63, 3.8) is 0 Å². The Morgan fingerprint density at radius 2 is 1.92 bits per heavy atom. The fraction of sp³-hybridized carbons (Fsp3) is 0.579. The van der Waals surface area contributed by atoms with Crippen LogP contribution in [0.25, 0.3) is 0 Å². The number of nitrogens with zero attached hydrogens (tertiary/aromatic N) is 3. The van der Waals surface area contributed by atoms with Gasteiger partial charge in [0.25, 0.3) is 5.91 Å². The largest absolute Gasteiger partial charge is 0.382 e. The molecule has 0 spiro atoms. The van der Waals surface area contributed by atoms with E-state index >= 15 is 0 Å². The van der Waals surface area contributed by atoms with E-state index in [2.05, 4.69) is 23.9 Å². The molecule has 136 valence electrons. The molecule has 5 nitrogen and oxygen atoms in total. The molecular formula is C19H26ClN3O2. The van der Waals surface area contributed by atoms with Crippen LogP contribution in [0.1, 0.15) is 38.7 Å². The highest BCUT2D eigenvalue weighted by Crippen LogP contribution is 2.23. The highest BCUT2D eigenvalue weighted by Gasteiger charge is 2.34. The summed E-state index contributed by atoms with van der Waals surface area (Å²) in [5, 5.41) is 4.80. The maximum atomic E-state index is 12.8. The first-order valence-electron chi connectivity index (χ1n) is 8.95. The Labute approximate surface area is 154 Å². The van der Waals surface area contributed by atoms with Gasteiger partial charge in [-0.25, -0.2) is 0 Å². The smallest absolute Gasteiger partial charge is 0.266 e. The monoisotopic (exact) mass is 363 g/mol. The highest BCUT2D eigenvalue weighted by molar-refractivity contribution is 6.30. The second kappa shape index (κ2) is 7.75. The lowest BCUT2D eigenvalue weighted by atomic mass is 10.0. The molecule has 1 fully saturated rings. The number of halogens is 1. The van der Waals surface area contributed by atoms with Crippen LogP contribution < -0.4 is 0 Å². The minimum atomic E-state index is -0.515. The van der Waals surface area contributed by atoms with Gasteiger partial charge in [0.1, 0.15) is 0 Å². The minimum Gasteiger partial charge on any atom is -0.382 e. The number of carbonyl (C=O) groups is 1. The van der Waals surface area contributed by atoms with Gasteiger partial charge in [-0.1, -0.05) is 28.9 Å². The average molecular weight is 364 g/mol. The number of likely N-dealkylation sites (tertiary alicyclic amines) is 1. The van der Waals surface area contributed by atoms with Crippen molar-refractivity contribution in [2.45, 2.75) is 51.3 Å². The summed E-state index contributed by atoms with van der Waals surface area (Å²) in [5.41, 5.74) is 1.76. The van der Waals surface area contributed by atoms with Crippen molar-refractivity contribution in [1.29, 1.82) is 0 Å². The second-order valence-electron chi connectivity index (χ2n) is 7.15. The fourth-order valence-corrected chi connectivity index (χ4v) is 3.65. The summed E-state index contributed by atoms with van der Waals surface area (Å²) < 4.78 is 0. The van der Waals surface area contributed by atoms with E-state index in [1.54, 1.807) is 0 Å². The molecule has 2 aliphatic rings. The molecule has 1 amide bonds. The third-order valence-corrected chi connectivity index (χ3v) is 5.50. The number of piperidine rings is 1. The Hall–Kier alpha value is -1.59. The van der Waals surface area contributed by atoms with Crippen LogP contribution in [0.15, 0.2) is 29.4 Å². The number of likely N-dealkylation sites (N-methyl/N-ethyl adjacent to an activating group) is 1. The Kier molecular flexibility index (Phi) is 5.64. The molecule has 1 atom stereocenters. The maximum Gasteiger partial charge on any atom is 0.266 e. The fourth-order valence-electron chi connectivity index (χ4n) is 3.52. The molecule has 6 heteroatoms. The van der Waals surface area contributed by atoms with E-state index in [1.165, 1.54) is 0 Å². The molecular weight excluding hydrogens is 338 g/mol. The Morgan fingerprint density at radius 3 is 2.52 bits per heavy atom. The number of hydrogen-bond acceptors (Lipinski definition) is 4. The van der Waals surface area contributed by atoms with E-state index in [0.29, 0.717) is 17.5 Å². The molecule has 1 unspecified atom stereocenters. The molecule has 1 aromatic carbocycles. The predicted molar refractivity (Wildman–Crippen MR) is 100.0 cm³/mol. The van der Waals surface area contributed by atoms with E-state index in [9.17, 15) is 4.79 Å². The van der Waals surface area contributed by atoms with E-state index < -0.39 is 6.10 Å². The zero-order valence-corrected chi connectivity index (χ0v) is 15.9.